The van der Waals surface area contributed by atoms with E-state index in [4.69, 9.17) is 9.47 Å². The van der Waals surface area contributed by atoms with Crippen LogP contribution in [0.1, 0.15) is 6.92 Å². The Labute approximate surface area is 210 Å². The molecule has 2 aliphatic heterocycles. The van der Waals surface area contributed by atoms with Gasteiger partial charge in [-0.25, -0.2) is 0 Å². The highest BCUT2D eigenvalue weighted by molar-refractivity contribution is 6.11. The lowest BCUT2D eigenvalue weighted by molar-refractivity contribution is 0.103. The molecule has 2 fully saturated rings. The van der Waals surface area contributed by atoms with Gasteiger partial charge in [0.15, 0.2) is 0 Å². The van der Waals surface area contributed by atoms with Crippen molar-refractivity contribution in [3.63, 3.8) is 0 Å². The molecule has 2 saturated heterocycles. The maximum absolute atomic E-state index is 6.71. The number of benzene rings is 3. The van der Waals surface area contributed by atoms with Gasteiger partial charge in [0.05, 0.1) is 0 Å². The Balaban J connectivity index is 1.38. The van der Waals surface area contributed by atoms with E-state index in [-0.39, 0.29) is 6.10 Å². The highest BCUT2D eigenvalue weighted by Gasteiger charge is 2.21. The van der Waals surface area contributed by atoms with Gasteiger partial charge in [0.2, 0.25) is 0 Å². The first kappa shape index (κ1) is 24.3. The minimum atomic E-state index is 0.106. The van der Waals surface area contributed by atoms with Crippen LogP contribution in [0.2, 0.25) is 0 Å². The second-order valence-corrected chi connectivity index (χ2v) is 10.3. The van der Waals surface area contributed by atoms with Crippen molar-refractivity contribution in [2.45, 2.75) is 13.0 Å². The van der Waals surface area contributed by atoms with E-state index in [1.807, 2.05) is 0 Å². The van der Waals surface area contributed by atoms with Crippen LogP contribution in [0.15, 0.2) is 48.5 Å². The Kier molecular flexibility index (Phi) is 7.73. The molecule has 3 aromatic rings. The van der Waals surface area contributed by atoms with Crippen molar-refractivity contribution < 1.29 is 9.47 Å². The second kappa shape index (κ2) is 11.1. The Morgan fingerprint density at radius 2 is 1.11 bits per heavy atom. The molecular weight excluding hydrogens is 436 g/mol. The molecule has 6 nitrogen and oxygen atoms in total. The summed E-state index contributed by atoms with van der Waals surface area (Å²) in [7, 11) is 4.39. The summed E-state index contributed by atoms with van der Waals surface area (Å²) in [5, 5.41) is 4.52. The van der Waals surface area contributed by atoms with Gasteiger partial charge in [-0.2, -0.15) is 0 Å². The highest BCUT2D eigenvalue weighted by atomic mass is 16.5. The van der Waals surface area contributed by atoms with Crippen molar-refractivity contribution in [2.24, 2.45) is 0 Å². The lowest BCUT2D eigenvalue weighted by Gasteiger charge is -2.34. The monoisotopic (exact) mass is 476 g/mol. The van der Waals surface area contributed by atoms with E-state index in [0.717, 1.165) is 98.5 Å². The predicted octanol–water partition coefficient (Wildman–Crippen LogP) is 3.63. The quantitative estimate of drug-likeness (QED) is 0.462. The Morgan fingerprint density at radius 3 is 1.63 bits per heavy atom. The molecule has 1 unspecified atom stereocenters. The van der Waals surface area contributed by atoms with Crippen LogP contribution in [0, 0.1) is 0 Å². The molecule has 3 aromatic carbocycles. The minimum absolute atomic E-state index is 0.106. The minimum Gasteiger partial charge on any atom is -0.491 e. The molecule has 0 aliphatic carbocycles. The fourth-order valence-electron chi connectivity index (χ4n) is 5.31. The summed E-state index contributed by atoms with van der Waals surface area (Å²) in [4.78, 5) is 9.81. The molecule has 0 radical (unpaired) electrons. The topological polar surface area (TPSA) is 31.4 Å². The zero-order chi connectivity index (χ0) is 24.2. The molecule has 2 heterocycles. The number of ether oxygens (including phenoxy) is 2. The van der Waals surface area contributed by atoms with Crippen molar-refractivity contribution in [2.75, 3.05) is 86.1 Å². The zero-order valence-corrected chi connectivity index (χ0v) is 21.6. The van der Waals surface area contributed by atoms with Crippen molar-refractivity contribution in [3.8, 4) is 11.5 Å². The standard InChI is InChI=1S/C29H40N4O2/c1-23(22-33-18-14-31(3)15-19-33)35-29-26-10-6-4-8-24(26)28(25-9-5-7-11-27(25)29)34-21-20-32-16-12-30(2)13-17-32/h4-11,23H,12-22H2,1-3H3. The van der Waals surface area contributed by atoms with Gasteiger partial charge in [-0.1, -0.05) is 48.5 Å². The van der Waals surface area contributed by atoms with Gasteiger partial charge in [0.25, 0.3) is 0 Å². The molecule has 0 saturated carbocycles. The van der Waals surface area contributed by atoms with Gasteiger partial charge in [-0.05, 0) is 21.0 Å². The lowest BCUT2D eigenvalue weighted by Crippen LogP contribution is -2.47. The van der Waals surface area contributed by atoms with E-state index in [9.17, 15) is 0 Å². The number of nitrogens with zero attached hydrogens (tertiary/aromatic N) is 4. The maximum Gasteiger partial charge on any atom is 0.135 e. The summed E-state index contributed by atoms with van der Waals surface area (Å²) in [5.41, 5.74) is 0. The molecule has 35 heavy (non-hydrogen) atoms. The molecule has 0 bridgehead atoms. The predicted molar refractivity (Wildman–Crippen MR) is 145 cm³/mol. The summed E-state index contributed by atoms with van der Waals surface area (Å²) in [6.07, 6.45) is 0.106. The van der Waals surface area contributed by atoms with E-state index >= 15 is 0 Å². The van der Waals surface area contributed by atoms with Gasteiger partial charge < -0.3 is 19.3 Å². The largest absolute Gasteiger partial charge is 0.491 e. The zero-order valence-electron chi connectivity index (χ0n) is 21.6. The Hall–Kier alpha value is -2.38. The van der Waals surface area contributed by atoms with Gasteiger partial charge in [0, 0.05) is 87.0 Å². The van der Waals surface area contributed by atoms with Gasteiger partial charge in [-0.3, -0.25) is 9.80 Å². The first-order valence-corrected chi connectivity index (χ1v) is 13.1. The number of hydrogen-bond acceptors (Lipinski definition) is 6. The molecule has 1 atom stereocenters. The maximum atomic E-state index is 6.71. The molecule has 6 heteroatoms. The summed E-state index contributed by atoms with van der Waals surface area (Å²) in [6.45, 7) is 13.7. The van der Waals surface area contributed by atoms with Crippen molar-refractivity contribution >= 4 is 21.5 Å². The molecule has 2 aliphatic rings. The highest BCUT2D eigenvalue weighted by Crippen LogP contribution is 2.43. The second-order valence-electron chi connectivity index (χ2n) is 10.3. The summed E-state index contributed by atoms with van der Waals surface area (Å²) in [6, 6.07) is 17.1. The average molecular weight is 477 g/mol. The van der Waals surface area contributed by atoms with Crippen molar-refractivity contribution in [1.82, 2.24) is 19.6 Å². The SMILES string of the molecule is CC(CN1CCN(C)CC1)Oc1c2ccccc2c(OCCN2CCN(C)CC2)c2ccccc12. The van der Waals surface area contributed by atoms with E-state index < -0.39 is 0 Å². The van der Waals surface area contributed by atoms with Crippen LogP contribution in [-0.2, 0) is 0 Å². The summed E-state index contributed by atoms with van der Waals surface area (Å²) in [5.74, 6) is 1.95. The van der Waals surface area contributed by atoms with Crippen LogP contribution in [0.5, 0.6) is 11.5 Å². The first-order chi connectivity index (χ1) is 17.1. The van der Waals surface area contributed by atoms with E-state index in [2.05, 4.69) is 89.1 Å². The fraction of sp³-hybridized carbons (Fsp3) is 0.517. The molecule has 0 aromatic heterocycles. The normalized spacial score (nSPS) is 19.9. The third-order valence-corrected chi connectivity index (χ3v) is 7.51. The van der Waals surface area contributed by atoms with Crippen molar-refractivity contribution in [3.05, 3.63) is 48.5 Å². The van der Waals surface area contributed by atoms with Crippen LogP contribution in [-0.4, -0.2) is 112 Å². The number of hydrogen-bond donors (Lipinski definition) is 0. The van der Waals surface area contributed by atoms with E-state index in [0.29, 0.717) is 6.61 Å². The van der Waals surface area contributed by atoms with Gasteiger partial charge in [0.1, 0.15) is 24.2 Å². The number of rotatable bonds is 8. The number of piperazine rings is 2. The fourth-order valence-corrected chi connectivity index (χ4v) is 5.31. The molecular formula is C29H40N4O2. The van der Waals surface area contributed by atoms with Crippen LogP contribution in [0.3, 0.4) is 0 Å². The summed E-state index contributed by atoms with van der Waals surface area (Å²) < 4.78 is 13.2. The molecule has 0 amide bonds. The first-order valence-electron chi connectivity index (χ1n) is 13.1. The number of fused-ring (bicyclic) bond motifs is 2. The Bertz CT molecular complexity index is 1060. The van der Waals surface area contributed by atoms with Crippen LogP contribution in [0.4, 0.5) is 0 Å². The van der Waals surface area contributed by atoms with Crippen LogP contribution < -0.4 is 9.47 Å². The van der Waals surface area contributed by atoms with E-state index in [1.165, 1.54) is 0 Å². The van der Waals surface area contributed by atoms with E-state index in [1.54, 1.807) is 0 Å². The Morgan fingerprint density at radius 1 is 0.657 bits per heavy atom. The molecule has 188 valence electrons. The average Bonchev–Trinajstić information content (AvgIpc) is 2.88. The molecule has 0 spiro atoms. The third kappa shape index (κ3) is 5.72. The van der Waals surface area contributed by atoms with Crippen LogP contribution >= 0.6 is 0 Å². The molecule has 5 rings (SSSR count). The third-order valence-electron chi connectivity index (χ3n) is 7.51. The van der Waals surface area contributed by atoms with Gasteiger partial charge >= 0.3 is 0 Å². The van der Waals surface area contributed by atoms with Gasteiger partial charge in [-0.15, -0.1) is 0 Å². The molecule has 0 N–H and O–H groups in total. The number of likely N-dealkylation sites (N-methyl/N-ethyl adjacent to an activating group) is 2. The lowest BCUT2D eigenvalue weighted by atomic mass is 10.0. The van der Waals surface area contributed by atoms with Crippen molar-refractivity contribution in [1.29, 1.82) is 0 Å². The van der Waals surface area contributed by atoms with Crippen LogP contribution in [0.25, 0.3) is 21.5 Å². The smallest absolute Gasteiger partial charge is 0.135 e. The summed E-state index contributed by atoms with van der Waals surface area (Å²) >= 11 is 0.